The highest BCUT2D eigenvalue weighted by atomic mass is 16.1. The standard InChI is InChI=1S/C15H28O/c1-4-5-6-7-8-9-10-11-12-13-15(16)14(2)3/h12-14H,4-11H2,1-3H3/b13-12+. The molecule has 0 saturated carbocycles. The van der Waals surface area contributed by atoms with E-state index in [2.05, 4.69) is 6.92 Å². The zero-order valence-corrected chi connectivity index (χ0v) is 11.3. The number of carbonyl (C=O) groups is 1. The molecule has 0 heterocycles. The molecule has 0 aliphatic heterocycles. The molecule has 0 rings (SSSR count). The van der Waals surface area contributed by atoms with Crippen molar-refractivity contribution in [2.24, 2.45) is 5.92 Å². The van der Waals surface area contributed by atoms with Crippen LogP contribution in [0.25, 0.3) is 0 Å². The molecule has 0 amide bonds. The van der Waals surface area contributed by atoms with E-state index in [9.17, 15) is 4.79 Å². The van der Waals surface area contributed by atoms with Crippen molar-refractivity contribution in [3.63, 3.8) is 0 Å². The van der Waals surface area contributed by atoms with Gasteiger partial charge >= 0.3 is 0 Å². The second-order valence-corrected chi connectivity index (χ2v) is 4.87. The van der Waals surface area contributed by atoms with Gasteiger partial charge in [0.15, 0.2) is 5.78 Å². The summed E-state index contributed by atoms with van der Waals surface area (Å²) >= 11 is 0. The largest absolute Gasteiger partial charge is 0.295 e. The van der Waals surface area contributed by atoms with Crippen LogP contribution in [0.5, 0.6) is 0 Å². The molecule has 0 aliphatic rings. The number of carbonyl (C=O) groups excluding carboxylic acids is 1. The maximum absolute atomic E-state index is 11.3. The summed E-state index contributed by atoms with van der Waals surface area (Å²) in [6, 6.07) is 0. The van der Waals surface area contributed by atoms with Crippen molar-refractivity contribution in [2.75, 3.05) is 0 Å². The van der Waals surface area contributed by atoms with Crippen LogP contribution < -0.4 is 0 Å². The minimum atomic E-state index is 0.144. The second-order valence-electron chi connectivity index (χ2n) is 4.87. The van der Waals surface area contributed by atoms with E-state index in [-0.39, 0.29) is 11.7 Å². The Hall–Kier alpha value is -0.590. The van der Waals surface area contributed by atoms with Crippen molar-refractivity contribution in [1.29, 1.82) is 0 Å². The van der Waals surface area contributed by atoms with Gasteiger partial charge in [-0.05, 0) is 18.9 Å². The lowest BCUT2D eigenvalue weighted by molar-refractivity contribution is -0.117. The van der Waals surface area contributed by atoms with E-state index in [4.69, 9.17) is 0 Å². The van der Waals surface area contributed by atoms with E-state index in [0.29, 0.717) is 0 Å². The Labute approximate surface area is 101 Å². The van der Waals surface area contributed by atoms with Crippen LogP contribution >= 0.6 is 0 Å². The third-order valence-corrected chi connectivity index (χ3v) is 2.83. The first-order chi connectivity index (χ1) is 7.68. The molecule has 0 atom stereocenters. The topological polar surface area (TPSA) is 17.1 Å². The molecule has 0 unspecified atom stereocenters. The lowest BCUT2D eigenvalue weighted by Gasteiger charge is -1.99. The van der Waals surface area contributed by atoms with Crippen LogP contribution in [-0.4, -0.2) is 5.78 Å². The average Bonchev–Trinajstić information content (AvgIpc) is 2.26. The first-order valence-electron chi connectivity index (χ1n) is 6.88. The van der Waals surface area contributed by atoms with Gasteiger partial charge in [-0.25, -0.2) is 0 Å². The van der Waals surface area contributed by atoms with Crippen molar-refractivity contribution in [1.82, 2.24) is 0 Å². The Kier molecular flexibility index (Phi) is 10.5. The molecule has 0 aliphatic carbocycles. The van der Waals surface area contributed by atoms with E-state index < -0.39 is 0 Å². The van der Waals surface area contributed by atoms with Gasteiger partial charge in [-0.15, -0.1) is 0 Å². The lowest BCUT2D eigenvalue weighted by Crippen LogP contribution is -2.01. The molecule has 0 spiro atoms. The first kappa shape index (κ1) is 15.4. The molecule has 0 saturated heterocycles. The minimum absolute atomic E-state index is 0.144. The molecule has 0 aromatic rings. The summed E-state index contributed by atoms with van der Waals surface area (Å²) in [5.41, 5.74) is 0. The Morgan fingerprint density at radius 2 is 1.56 bits per heavy atom. The second kappa shape index (κ2) is 10.9. The van der Waals surface area contributed by atoms with Gasteiger partial charge in [-0.1, -0.05) is 65.4 Å². The van der Waals surface area contributed by atoms with Gasteiger partial charge in [0.05, 0.1) is 0 Å². The molecule has 16 heavy (non-hydrogen) atoms. The fraction of sp³-hybridized carbons (Fsp3) is 0.800. The van der Waals surface area contributed by atoms with Crippen molar-refractivity contribution >= 4 is 5.78 Å². The Morgan fingerprint density at radius 1 is 1.00 bits per heavy atom. The predicted molar refractivity (Wildman–Crippen MR) is 71.6 cm³/mol. The van der Waals surface area contributed by atoms with E-state index in [1.807, 2.05) is 19.9 Å². The van der Waals surface area contributed by atoms with Crippen LogP contribution in [0.1, 0.15) is 72.1 Å². The summed E-state index contributed by atoms with van der Waals surface area (Å²) in [5.74, 6) is 0.397. The van der Waals surface area contributed by atoms with Gasteiger partial charge < -0.3 is 0 Å². The lowest BCUT2D eigenvalue weighted by atomic mass is 10.1. The number of allylic oxidation sites excluding steroid dienone is 2. The van der Waals surface area contributed by atoms with Gasteiger partial charge in [0.25, 0.3) is 0 Å². The zero-order chi connectivity index (χ0) is 12.2. The number of hydrogen-bond donors (Lipinski definition) is 0. The van der Waals surface area contributed by atoms with Gasteiger partial charge in [-0.2, -0.15) is 0 Å². The Morgan fingerprint density at radius 3 is 2.12 bits per heavy atom. The predicted octanol–water partition coefficient (Wildman–Crippen LogP) is 4.91. The fourth-order valence-corrected chi connectivity index (χ4v) is 1.61. The summed E-state index contributed by atoms with van der Waals surface area (Å²) in [7, 11) is 0. The highest BCUT2D eigenvalue weighted by molar-refractivity contribution is 5.91. The summed E-state index contributed by atoms with van der Waals surface area (Å²) in [6.07, 6.45) is 14.2. The third-order valence-electron chi connectivity index (χ3n) is 2.83. The van der Waals surface area contributed by atoms with Crippen LogP contribution in [0, 0.1) is 5.92 Å². The normalized spacial score (nSPS) is 11.5. The summed E-state index contributed by atoms with van der Waals surface area (Å²) in [4.78, 5) is 11.3. The van der Waals surface area contributed by atoms with E-state index in [1.165, 1.54) is 44.9 Å². The SMILES string of the molecule is CCCCCCCCC/C=C/C(=O)C(C)C. The first-order valence-corrected chi connectivity index (χ1v) is 6.88. The van der Waals surface area contributed by atoms with Gasteiger partial charge in [0.1, 0.15) is 0 Å². The number of unbranched alkanes of at least 4 members (excludes halogenated alkanes) is 7. The van der Waals surface area contributed by atoms with Crippen LogP contribution in [0.2, 0.25) is 0 Å². The van der Waals surface area contributed by atoms with Crippen LogP contribution in [0.4, 0.5) is 0 Å². The van der Waals surface area contributed by atoms with Crippen LogP contribution in [0.3, 0.4) is 0 Å². The zero-order valence-electron chi connectivity index (χ0n) is 11.3. The highest BCUT2D eigenvalue weighted by Crippen LogP contribution is 2.08. The molecular weight excluding hydrogens is 196 g/mol. The van der Waals surface area contributed by atoms with Crippen molar-refractivity contribution < 1.29 is 4.79 Å². The Bertz CT molecular complexity index is 192. The third kappa shape index (κ3) is 9.95. The average molecular weight is 224 g/mol. The van der Waals surface area contributed by atoms with Crippen molar-refractivity contribution in [3.05, 3.63) is 12.2 Å². The molecule has 0 N–H and O–H groups in total. The van der Waals surface area contributed by atoms with Crippen molar-refractivity contribution in [3.8, 4) is 0 Å². The molecule has 1 heteroatoms. The summed E-state index contributed by atoms with van der Waals surface area (Å²) in [5, 5.41) is 0. The molecular formula is C15H28O. The molecule has 94 valence electrons. The fourth-order valence-electron chi connectivity index (χ4n) is 1.61. The minimum Gasteiger partial charge on any atom is -0.295 e. The Balaban J connectivity index is 3.24. The molecule has 0 aromatic heterocycles. The van der Waals surface area contributed by atoms with Gasteiger partial charge in [-0.3, -0.25) is 4.79 Å². The monoisotopic (exact) mass is 224 g/mol. The molecule has 1 nitrogen and oxygen atoms in total. The summed E-state index contributed by atoms with van der Waals surface area (Å²) < 4.78 is 0. The van der Waals surface area contributed by atoms with E-state index in [1.54, 1.807) is 6.08 Å². The maximum Gasteiger partial charge on any atom is 0.157 e. The number of rotatable bonds is 10. The molecule has 0 bridgehead atoms. The quantitative estimate of drug-likeness (QED) is 0.381. The molecule has 0 radical (unpaired) electrons. The highest BCUT2D eigenvalue weighted by Gasteiger charge is 2.00. The number of ketones is 1. The molecule has 0 fully saturated rings. The smallest absolute Gasteiger partial charge is 0.157 e. The van der Waals surface area contributed by atoms with Crippen LogP contribution in [-0.2, 0) is 4.79 Å². The van der Waals surface area contributed by atoms with E-state index in [0.717, 1.165) is 6.42 Å². The van der Waals surface area contributed by atoms with Gasteiger partial charge in [0.2, 0.25) is 0 Å². The summed E-state index contributed by atoms with van der Waals surface area (Å²) in [6.45, 7) is 6.14. The maximum atomic E-state index is 11.3. The van der Waals surface area contributed by atoms with Gasteiger partial charge in [0, 0.05) is 5.92 Å². The van der Waals surface area contributed by atoms with Crippen LogP contribution in [0.15, 0.2) is 12.2 Å². The van der Waals surface area contributed by atoms with Crippen molar-refractivity contribution in [2.45, 2.75) is 72.1 Å². The molecule has 0 aromatic carbocycles. The van der Waals surface area contributed by atoms with E-state index >= 15 is 0 Å². The number of hydrogen-bond acceptors (Lipinski definition) is 1.